The molecule has 0 spiro atoms. The summed E-state index contributed by atoms with van der Waals surface area (Å²) >= 11 is 0. The molecule has 1 rings (SSSR count). The van der Waals surface area contributed by atoms with Gasteiger partial charge in [-0.05, 0) is 20.3 Å². The Morgan fingerprint density at radius 2 is 2.11 bits per heavy atom. The Kier molecular flexibility index (Phi) is 6.56. The first-order valence-corrected chi connectivity index (χ1v) is 7.15. The van der Waals surface area contributed by atoms with Crippen molar-refractivity contribution >= 4 is 5.91 Å². The summed E-state index contributed by atoms with van der Waals surface area (Å²) in [6.07, 6.45) is 5.40. The Balaban J connectivity index is 2.75. The van der Waals surface area contributed by atoms with Gasteiger partial charge < -0.3 is 15.2 Å². The van der Waals surface area contributed by atoms with E-state index in [1.54, 1.807) is 0 Å². The van der Waals surface area contributed by atoms with Crippen LogP contribution in [-0.4, -0.2) is 40.0 Å². The van der Waals surface area contributed by atoms with Gasteiger partial charge in [-0.25, -0.2) is 4.98 Å². The number of carbonyl (C=O) groups excluding carboxylic acids is 1. The lowest BCUT2D eigenvalue weighted by Gasteiger charge is -2.24. The van der Waals surface area contributed by atoms with Crippen molar-refractivity contribution in [2.24, 2.45) is 11.7 Å². The first-order valence-electron chi connectivity index (χ1n) is 7.15. The number of imidazole rings is 1. The highest BCUT2D eigenvalue weighted by Gasteiger charge is 2.22. The molecule has 1 heterocycles. The maximum absolute atomic E-state index is 12.3. The van der Waals surface area contributed by atoms with Gasteiger partial charge in [-0.1, -0.05) is 6.92 Å². The number of aromatic nitrogens is 2. The minimum atomic E-state index is -0.146. The van der Waals surface area contributed by atoms with Crippen LogP contribution in [0.3, 0.4) is 0 Å². The van der Waals surface area contributed by atoms with Gasteiger partial charge >= 0.3 is 0 Å². The monoisotopic (exact) mass is 266 g/mol. The zero-order valence-electron chi connectivity index (χ0n) is 12.3. The van der Waals surface area contributed by atoms with E-state index in [9.17, 15) is 4.79 Å². The third kappa shape index (κ3) is 4.06. The summed E-state index contributed by atoms with van der Waals surface area (Å²) in [6, 6.07) is 0. The van der Waals surface area contributed by atoms with E-state index in [-0.39, 0.29) is 11.8 Å². The molecule has 0 aliphatic heterocycles. The van der Waals surface area contributed by atoms with Gasteiger partial charge in [0.25, 0.3) is 0 Å². The van der Waals surface area contributed by atoms with Crippen LogP contribution in [0.15, 0.2) is 12.5 Å². The molecule has 0 radical (unpaired) electrons. The van der Waals surface area contributed by atoms with Crippen molar-refractivity contribution in [1.82, 2.24) is 14.5 Å². The van der Waals surface area contributed by atoms with Gasteiger partial charge in [0.15, 0.2) is 0 Å². The SMILES string of the molecule is CCCn1cncc1CC(CN)C(=O)N(CC)CC. The summed E-state index contributed by atoms with van der Waals surface area (Å²) in [6.45, 7) is 8.91. The second-order valence-corrected chi connectivity index (χ2v) is 4.73. The van der Waals surface area contributed by atoms with Crippen molar-refractivity contribution in [3.8, 4) is 0 Å². The molecule has 0 bridgehead atoms. The molecule has 5 heteroatoms. The van der Waals surface area contributed by atoms with Crippen LogP contribution in [0.5, 0.6) is 0 Å². The van der Waals surface area contributed by atoms with Crippen LogP contribution in [0.4, 0.5) is 0 Å². The molecule has 1 amide bonds. The van der Waals surface area contributed by atoms with Crippen LogP contribution >= 0.6 is 0 Å². The van der Waals surface area contributed by atoms with Gasteiger partial charge in [0.05, 0.1) is 12.2 Å². The lowest BCUT2D eigenvalue weighted by molar-refractivity contribution is -0.134. The zero-order valence-corrected chi connectivity index (χ0v) is 12.3. The largest absolute Gasteiger partial charge is 0.343 e. The van der Waals surface area contributed by atoms with E-state index in [0.717, 1.165) is 31.7 Å². The lowest BCUT2D eigenvalue weighted by Crippen LogP contribution is -2.40. The molecule has 1 atom stereocenters. The van der Waals surface area contributed by atoms with Crippen molar-refractivity contribution in [2.75, 3.05) is 19.6 Å². The van der Waals surface area contributed by atoms with Crippen LogP contribution in [0.2, 0.25) is 0 Å². The predicted octanol–water partition coefficient (Wildman–Crippen LogP) is 1.28. The van der Waals surface area contributed by atoms with E-state index in [2.05, 4.69) is 16.5 Å². The van der Waals surface area contributed by atoms with Crippen LogP contribution in [-0.2, 0) is 17.8 Å². The Labute approximate surface area is 115 Å². The highest BCUT2D eigenvalue weighted by Crippen LogP contribution is 2.12. The molecule has 0 aliphatic rings. The third-order valence-corrected chi connectivity index (χ3v) is 3.43. The van der Waals surface area contributed by atoms with E-state index in [4.69, 9.17) is 5.73 Å². The van der Waals surface area contributed by atoms with E-state index in [1.165, 1.54) is 0 Å². The van der Waals surface area contributed by atoms with E-state index in [1.807, 2.05) is 31.3 Å². The van der Waals surface area contributed by atoms with E-state index < -0.39 is 0 Å². The molecule has 1 unspecified atom stereocenters. The molecule has 108 valence electrons. The number of hydrogen-bond donors (Lipinski definition) is 1. The van der Waals surface area contributed by atoms with Gasteiger partial charge in [-0.3, -0.25) is 4.79 Å². The normalized spacial score (nSPS) is 12.4. The number of aryl methyl sites for hydroxylation is 1. The first kappa shape index (κ1) is 15.7. The molecule has 0 aromatic carbocycles. The van der Waals surface area contributed by atoms with Gasteiger partial charge in [-0.15, -0.1) is 0 Å². The molecule has 0 saturated carbocycles. The van der Waals surface area contributed by atoms with Crippen molar-refractivity contribution in [3.63, 3.8) is 0 Å². The zero-order chi connectivity index (χ0) is 14.3. The van der Waals surface area contributed by atoms with Crippen LogP contribution in [0, 0.1) is 5.92 Å². The van der Waals surface area contributed by atoms with Crippen LogP contribution in [0.25, 0.3) is 0 Å². The summed E-state index contributed by atoms with van der Waals surface area (Å²) in [5.41, 5.74) is 6.88. The average molecular weight is 266 g/mol. The minimum absolute atomic E-state index is 0.146. The molecule has 1 aromatic rings. The van der Waals surface area contributed by atoms with E-state index in [0.29, 0.717) is 13.0 Å². The highest BCUT2D eigenvalue weighted by atomic mass is 16.2. The average Bonchev–Trinajstić information content (AvgIpc) is 2.85. The smallest absolute Gasteiger partial charge is 0.227 e. The summed E-state index contributed by atoms with van der Waals surface area (Å²) in [5.74, 6) is 0.00366. The maximum atomic E-state index is 12.3. The maximum Gasteiger partial charge on any atom is 0.227 e. The third-order valence-electron chi connectivity index (χ3n) is 3.43. The highest BCUT2D eigenvalue weighted by molar-refractivity contribution is 5.79. The Morgan fingerprint density at radius 1 is 1.42 bits per heavy atom. The van der Waals surface area contributed by atoms with Crippen molar-refractivity contribution in [2.45, 2.75) is 40.2 Å². The Morgan fingerprint density at radius 3 is 2.63 bits per heavy atom. The molecule has 19 heavy (non-hydrogen) atoms. The van der Waals surface area contributed by atoms with Gasteiger partial charge in [0.1, 0.15) is 0 Å². The molecular weight excluding hydrogens is 240 g/mol. The number of rotatable bonds is 8. The minimum Gasteiger partial charge on any atom is -0.343 e. The fourth-order valence-corrected chi connectivity index (χ4v) is 2.28. The topological polar surface area (TPSA) is 64.2 Å². The summed E-state index contributed by atoms with van der Waals surface area (Å²) < 4.78 is 2.11. The van der Waals surface area contributed by atoms with Crippen molar-refractivity contribution in [1.29, 1.82) is 0 Å². The second kappa shape index (κ2) is 7.94. The molecule has 0 fully saturated rings. The fourth-order valence-electron chi connectivity index (χ4n) is 2.28. The van der Waals surface area contributed by atoms with E-state index >= 15 is 0 Å². The van der Waals surface area contributed by atoms with Gasteiger partial charge in [0, 0.05) is 44.5 Å². The molecule has 0 saturated heterocycles. The van der Waals surface area contributed by atoms with Crippen LogP contribution in [0.1, 0.15) is 32.9 Å². The molecular formula is C14H26N4O. The second-order valence-electron chi connectivity index (χ2n) is 4.73. The summed E-state index contributed by atoms with van der Waals surface area (Å²) in [5, 5.41) is 0. The number of amides is 1. The summed E-state index contributed by atoms with van der Waals surface area (Å²) in [7, 11) is 0. The molecule has 0 aliphatic carbocycles. The number of hydrogen-bond acceptors (Lipinski definition) is 3. The van der Waals surface area contributed by atoms with Crippen molar-refractivity contribution in [3.05, 3.63) is 18.2 Å². The van der Waals surface area contributed by atoms with Crippen LogP contribution < -0.4 is 5.73 Å². The van der Waals surface area contributed by atoms with Gasteiger partial charge in [0.2, 0.25) is 5.91 Å². The lowest BCUT2D eigenvalue weighted by atomic mass is 10.0. The number of carbonyl (C=O) groups is 1. The Bertz CT molecular complexity index is 385. The summed E-state index contributed by atoms with van der Waals surface area (Å²) in [4.78, 5) is 18.4. The first-order chi connectivity index (χ1) is 9.17. The predicted molar refractivity (Wildman–Crippen MR) is 76.7 cm³/mol. The molecule has 1 aromatic heterocycles. The van der Waals surface area contributed by atoms with Crippen molar-refractivity contribution < 1.29 is 4.79 Å². The molecule has 5 nitrogen and oxygen atoms in total. The quantitative estimate of drug-likeness (QED) is 0.771. The number of nitrogens with two attached hydrogens (primary N) is 1. The molecule has 2 N–H and O–H groups in total. The fraction of sp³-hybridized carbons (Fsp3) is 0.714. The standard InChI is InChI=1S/C14H26N4O/c1-4-7-18-11-16-10-13(18)8-12(9-15)14(19)17(5-2)6-3/h10-12H,4-9,15H2,1-3H3. The number of nitrogens with zero attached hydrogens (tertiary/aromatic N) is 3. The van der Waals surface area contributed by atoms with Gasteiger partial charge in [-0.2, -0.15) is 0 Å². The Hall–Kier alpha value is -1.36.